The van der Waals surface area contributed by atoms with Crippen LogP contribution < -0.4 is 26.6 Å². The number of aromatic hydroxyl groups is 1. The Balaban J connectivity index is 1.50. The number of carbonyl (C=O) groups excluding carboxylic acids is 1. The lowest BCUT2D eigenvalue weighted by Gasteiger charge is -2.27. The Morgan fingerprint density at radius 3 is 2.56 bits per heavy atom. The van der Waals surface area contributed by atoms with E-state index in [4.69, 9.17) is 0 Å². The van der Waals surface area contributed by atoms with Crippen LogP contribution in [0.4, 0.5) is 34.8 Å². The van der Waals surface area contributed by atoms with Crippen molar-refractivity contribution in [2.24, 2.45) is 4.99 Å². The number of nitrogens with one attached hydrogen (secondary N) is 3. The largest absolute Gasteiger partial charge is 0.493 e. The SMILES string of the molecule is CCN(CC)CCN(C(=O)C(F)(F)F)c1ccc(Nc2cc(=NC3CC3)n3ncc(=Cc4[nH]c(=O)[nH]c4O)c3n2)c(F)c1. The minimum absolute atomic E-state index is 0.0877. The summed E-state index contributed by atoms with van der Waals surface area (Å²) in [6, 6.07) is 4.97. The van der Waals surface area contributed by atoms with Gasteiger partial charge in [0.15, 0.2) is 11.1 Å². The van der Waals surface area contributed by atoms with E-state index in [9.17, 15) is 27.9 Å². The fourth-order valence-corrected chi connectivity index (χ4v) is 4.45. The Morgan fingerprint density at radius 2 is 1.95 bits per heavy atom. The topological polar surface area (TPSA) is 147 Å². The first-order chi connectivity index (χ1) is 20.5. The molecule has 1 aliphatic carbocycles. The Hall–Kier alpha value is -4.73. The average Bonchev–Trinajstić information content (AvgIpc) is 3.59. The van der Waals surface area contributed by atoms with Crippen LogP contribution in [0.25, 0.3) is 11.7 Å². The first kappa shape index (κ1) is 29.8. The Morgan fingerprint density at radius 1 is 1.21 bits per heavy atom. The summed E-state index contributed by atoms with van der Waals surface area (Å²) < 4.78 is 57.0. The van der Waals surface area contributed by atoms with E-state index in [0.29, 0.717) is 28.7 Å². The predicted octanol–water partition coefficient (Wildman–Crippen LogP) is 2.18. The molecule has 1 fully saturated rings. The maximum atomic E-state index is 15.3. The van der Waals surface area contributed by atoms with Gasteiger partial charge in [-0.15, -0.1) is 0 Å². The molecule has 4 aromatic rings. The van der Waals surface area contributed by atoms with Gasteiger partial charge in [-0.2, -0.15) is 22.8 Å². The summed E-state index contributed by atoms with van der Waals surface area (Å²) in [5.74, 6) is -3.21. The standard InChI is InChI=1S/C27H29F4N9O3/c1-3-38(4-2)9-10-39(25(42)27(29,30)31)17-7-8-19(18(28)12-17)34-21-13-22(33-16-5-6-16)40-23(36-21)15(14-32-40)11-20-24(41)37-26(43)35-20/h7-8,11-14,16,34,41H,3-6,9-10H2,1-2H3,(H2,35,37,43). The molecular formula is C27H29F4N9O3. The molecule has 1 amide bonds. The number of H-pyrrole nitrogens is 2. The molecule has 4 N–H and O–H groups in total. The number of amides is 1. The van der Waals surface area contributed by atoms with E-state index in [2.05, 4.69) is 30.4 Å². The molecule has 0 unspecified atom stereocenters. The van der Waals surface area contributed by atoms with Crippen molar-refractivity contribution in [2.45, 2.75) is 38.9 Å². The normalized spacial score (nSPS) is 14.7. The van der Waals surface area contributed by atoms with Gasteiger partial charge in [0.1, 0.15) is 17.3 Å². The van der Waals surface area contributed by atoms with Crippen LogP contribution in [-0.4, -0.2) is 78.9 Å². The first-order valence-electron chi connectivity index (χ1n) is 13.6. The summed E-state index contributed by atoms with van der Waals surface area (Å²) in [7, 11) is 0. The number of rotatable bonds is 10. The van der Waals surface area contributed by atoms with E-state index >= 15 is 4.39 Å². The van der Waals surface area contributed by atoms with Gasteiger partial charge in [0, 0.05) is 30.1 Å². The molecule has 0 saturated heterocycles. The van der Waals surface area contributed by atoms with Gasteiger partial charge in [-0.05, 0) is 50.2 Å². The maximum Gasteiger partial charge on any atom is 0.471 e. The number of nitrogens with zero attached hydrogens (tertiary/aromatic N) is 6. The van der Waals surface area contributed by atoms with Gasteiger partial charge in [0.05, 0.1) is 17.9 Å². The van der Waals surface area contributed by atoms with Gasteiger partial charge in [0.25, 0.3) is 0 Å². The summed E-state index contributed by atoms with van der Waals surface area (Å²) in [5.41, 5.74) is -0.154. The third-order valence-corrected chi connectivity index (χ3v) is 6.93. The van der Waals surface area contributed by atoms with Gasteiger partial charge >= 0.3 is 17.8 Å². The van der Waals surface area contributed by atoms with Crippen LogP contribution in [-0.2, 0) is 4.79 Å². The molecule has 0 spiro atoms. The van der Waals surface area contributed by atoms with Crippen LogP contribution in [0, 0.1) is 5.82 Å². The number of likely N-dealkylation sites (N-methyl/N-ethyl adjacent to an activating group) is 1. The molecule has 1 aromatic carbocycles. The molecule has 1 aliphatic rings. The van der Waals surface area contributed by atoms with Crippen LogP contribution in [0.2, 0.25) is 0 Å². The number of aromatic amines is 2. The molecule has 0 bridgehead atoms. The van der Waals surface area contributed by atoms with Crippen molar-refractivity contribution in [3.8, 4) is 5.88 Å². The number of benzene rings is 1. The number of hydrogen-bond donors (Lipinski definition) is 4. The molecule has 0 atom stereocenters. The molecule has 3 heterocycles. The molecule has 0 radical (unpaired) electrons. The lowest BCUT2D eigenvalue weighted by molar-refractivity contribution is -0.170. The summed E-state index contributed by atoms with van der Waals surface area (Å²) in [6.45, 7) is 4.75. The number of anilines is 3. The Labute approximate surface area is 241 Å². The minimum atomic E-state index is -5.14. The summed E-state index contributed by atoms with van der Waals surface area (Å²) >= 11 is 0. The lowest BCUT2D eigenvalue weighted by atomic mass is 10.2. The summed E-state index contributed by atoms with van der Waals surface area (Å²) in [6.07, 6.45) is -0.442. The number of hydrogen-bond acceptors (Lipinski definition) is 8. The fourth-order valence-electron chi connectivity index (χ4n) is 4.45. The zero-order valence-electron chi connectivity index (χ0n) is 23.2. The molecule has 12 nitrogen and oxygen atoms in total. The summed E-state index contributed by atoms with van der Waals surface area (Å²) in [4.78, 5) is 40.0. The Bertz CT molecular complexity index is 1820. The molecule has 16 heteroatoms. The van der Waals surface area contributed by atoms with E-state index in [1.54, 1.807) is 6.07 Å². The molecular weight excluding hydrogens is 574 g/mol. The van der Waals surface area contributed by atoms with E-state index < -0.39 is 23.6 Å². The second-order valence-electron chi connectivity index (χ2n) is 9.95. The quantitative estimate of drug-likeness (QED) is 0.203. The van der Waals surface area contributed by atoms with Gasteiger partial charge < -0.3 is 25.2 Å². The van der Waals surface area contributed by atoms with Crippen LogP contribution in [0.5, 0.6) is 5.88 Å². The van der Waals surface area contributed by atoms with E-state index in [-0.39, 0.29) is 53.5 Å². The van der Waals surface area contributed by atoms with Gasteiger partial charge in [0.2, 0.25) is 5.88 Å². The van der Waals surface area contributed by atoms with E-state index in [0.717, 1.165) is 18.9 Å². The number of aromatic nitrogens is 5. The van der Waals surface area contributed by atoms with Crippen LogP contribution in [0.1, 0.15) is 32.4 Å². The van der Waals surface area contributed by atoms with Gasteiger partial charge in [-0.1, -0.05) is 13.8 Å². The Kier molecular flexibility index (Phi) is 8.21. The highest BCUT2D eigenvalue weighted by molar-refractivity contribution is 5.97. The monoisotopic (exact) mass is 603 g/mol. The third-order valence-electron chi connectivity index (χ3n) is 6.93. The number of carbonyl (C=O) groups is 1. The van der Waals surface area contributed by atoms with Crippen LogP contribution in [0.3, 0.4) is 0 Å². The zero-order chi connectivity index (χ0) is 30.9. The highest BCUT2D eigenvalue weighted by Crippen LogP contribution is 2.28. The highest BCUT2D eigenvalue weighted by Gasteiger charge is 2.43. The number of alkyl halides is 3. The zero-order valence-corrected chi connectivity index (χ0v) is 23.2. The number of imidazole rings is 1. The molecule has 0 aliphatic heterocycles. The molecule has 43 heavy (non-hydrogen) atoms. The van der Waals surface area contributed by atoms with Crippen molar-refractivity contribution >= 4 is 34.8 Å². The van der Waals surface area contributed by atoms with Crippen molar-refractivity contribution in [1.29, 1.82) is 0 Å². The lowest BCUT2D eigenvalue weighted by Crippen LogP contribution is -2.45. The average molecular weight is 604 g/mol. The maximum absolute atomic E-state index is 15.3. The van der Waals surface area contributed by atoms with E-state index in [1.807, 2.05) is 18.7 Å². The molecule has 5 rings (SSSR count). The van der Waals surface area contributed by atoms with E-state index in [1.165, 1.54) is 28.9 Å². The molecule has 3 aromatic heterocycles. The summed E-state index contributed by atoms with van der Waals surface area (Å²) in [5, 5.41) is 17.5. The van der Waals surface area contributed by atoms with Crippen molar-refractivity contribution in [3.63, 3.8) is 0 Å². The first-order valence-corrected chi connectivity index (χ1v) is 13.6. The minimum Gasteiger partial charge on any atom is -0.493 e. The van der Waals surface area contributed by atoms with Gasteiger partial charge in [-0.3, -0.25) is 14.8 Å². The second kappa shape index (κ2) is 11.9. The highest BCUT2D eigenvalue weighted by atomic mass is 19.4. The fraction of sp³-hybridized carbons (Fsp3) is 0.370. The predicted molar refractivity (Wildman–Crippen MR) is 149 cm³/mol. The molecule has 1 saturated carbocycles. The smallest absolute Gasteiger partial charge is 0.471 e. The van der Waals surface area contributed by atoms with Crippen LogP contribution >= 0.6 is 0 Å². The van der Waals surface area contributed by atoms with Crippen LogP contribution in [0.15, 0.2) is 40.2 Å². The van der Waals surface area contributed by atoms with Crippen molar-refractivity contribution in [2.75, 3.05) is 36.4 Å². The van der Waals surface area contributed by atoms with Crippen molar-refractivity contribution in [1.82, 2.24) is 29.5 Å². The second-order valence-corrected chi connectivity index (χ2v) is 9.95. The number of fused-ring (bicyclic) bond motifs is 1. The van der Waals surface area contributed by atoms with Gasteiger partial charge in [-0.25, -0.2) is 14.2 Å². The number of halogens is 4. The molecule has 228 valence electrons. The van der Waals surface area contributed by atoms with Crippen molar-refractivity contribution in [3.05, 3.63) is 63.2 Å². The van der Waals surface area contributed by atoms with Crippen molar-refractivity contribution < 1.29 is 27.5 Å². The third kappa shape index (κ3) is 6.69.